The maximum atomic E-state index is 12.9. The fourth-order valence-electron chi connectivity index (χ4n) is 4.43. The van der Waals surface area contributed by atoms with Gasteiger partial charge in [0.15, 0.2) is 0 Å². The van der Waals surface area contributed by atoms with Crippen LogP contribution in [0.5, 0.6) is 5.75 Å². The second-order valence-corrected chi connectivity index (χ2v) is 6.82. The highest BCUT2D eigenvalue weighted by molar-refractivity contribution is 6.09. The molecule has 140 valence electrons. The largest absolute Gasteiger partial charge is 0.496 e. The summed E-state index contributed by atoms with van der Waals surface area (Å²) in [6.07, 6.45) is 1.06. The van der Waals surface area contributed by atoms with Gasteiger partial charge in [0.1, 0.15) is 11.3 Å². The minimum absolute atomic E-state index is 0.287. The molecule has 7 heteroatoms. The Morgan fingerprint density at radius 2 is 1.92 bits per heavy atom. The third kappa shape index (κ3) is 2.41. The fraction of sp³-hybridized carbons (Fsp3) is 0.526. The van der Waals surface area contributed by atoms with E-state index in [9.17, 15) is 14.4 Å². The Morgan fingerprint density at radius 3 is 2.54 bits per heavy atom. The Balaban J connectivity index is 2.17. The van der Waals surface area contributed by atoms with Crippen molar-refractivity contribution in [3.05, 3.63) is 29.8 Å². The normalized spacial score (nSPS) is 30.5. The first-order valence-corrected chi connectivity index (χ1v) is 8.73. The number of carbonyl (C=O) groups is 3. The van der Waals surface area contributed by atoms with E-state index < -0.39 is 29.4 Å². The molecule has 4 unspecified atom stereocenters. The summed E-state index contributed by atoms with van der Waals surface area (Å²) in [6.45, 7) is 1.93. The van der Waals surface area contributed by atoms with E-state index in [-0.39, 0.29) is 11.8 Å². The van der Waals surface area contributed by atoms with Gasteiger partial charge in [-0.1, -0.05) is 31.5 Å². The summed E-state index contributed by atoms with van der Waals surface area (Å²) < 4.78 is 10.5. The second-order valence-electron chi connectivity index (χ2n) is 6.82. The molecule has 2 saturated heterocycles. The standard InChI is InChI=1S/C19H24N2O5/c1-5-10-19(18(24)26-4)14-13(16(22)21(2)17(14)23)15(20-19)11-8-6-7-9-12(11)25-3/h6-9,13-15,20H,5,10H2,1-4H3. The minimum atomic E-state index is -1.23. The summed E-state index contributed by atoms with van der Waals surface area (Å²) in [7, 11) is 4.33. The number of nitrogens with one attached hydrogen (secondary N) is 1. The van der Waals surface area contributed by atoms with E-state index in [1.54, 1.807) is 13.2 Å². The van der Waals surface area contributed by atoms with Crippen LogP contribution in [-0.2, 0) is 19.1 Å². The third-order valence-corrected chi connectivity index (χ3v) is 5.54. The lowest BCUT2D eigenvalue weighted by Crippen LogP contribution is -2.56. The number of nitrogens with zero attached hydrogens (tertiary/aromatic N) is 1. The SMILES string of the molecule is CCCC1(C(=O)OC)NC(c2ccccc2OC)C2C(=O)N(C)C(=O)C21. The lowest BCUT2D eigenvalue weighted by molar-refractivity contribution is -0.154. The van der Waals surface area contributed by atoms with E-state index in [4.69, 9.17) is 9.47 Å². The summed E-state index contributed by atoms with van der Waals surface area (Å²) >= 11 is 0. The molecule has 1 N–H and O–H groups in total. The number of fused-ring (bicyclic) bond motifs is 1. The first-order chi connectivity index (χ1) is 12.4. The summed E-state index contributed by atoms with van der Waals surface area (Å²) in [6, 6.07) is 6.82. The number of imide groups is 1. The van der Waals surface area contributed by atoms with Crippen LogP contribution in [-0.4, -0.2) is 49.5 Å². The van der Waals surface area contributed by atoms with Gasteiger partial charge in [-0.25, -0.2) is 0 Å². The molecule has 0 spiro atoms. The van der Waals surface area contributed by atoms with Crippen LogP contribution in [0.3, 0.4) is 0 Å². The van der Waals surface area contributed by atoms with E-state index in [1.165, 1.54) is 14.2 Å². The van der Waals surface area contributed by atoms with Crippen molar-refractivity contribution in [3.63, 3.8) is 0 Å². The van der Waals surface area contributed by atoms with Gasteiger partial charge in [-0.05, 0) is 12.5 Å². The fourth-order valence-corrected chi connectivity index (χ4v) is 4.43. The Hall–Kier alpha value is -2.41. The van der Waals surface area contributed by atoms with E-state index in [0.29, 0.717) is 18.6 Å². The number of esters is 1. The number of methoxy groups -OCH3 is 2. The molecule has 7 nitrogen and oxygen atoms in total. The molecular formula is C19H24N2O5. The molecular weight excluding hydrogens is 336 g/mol. The van der Waals surface area contributed by atoms with Crippen LogP contribution < -0.4 is 10.1 Å². The maximum absolute atomic E-state index is 12.9. The summed E-state index contributed by atoms with van der Waals surface area (Å²) in [4.78, 5) is 39.6. The summed E-state index contributed by atoms with van der Waals surface area (Å²) in [5.74, 6) is -2.00. The molecule has 0 bridgehead atoms. The average molecular weight is 360 g/mol. The Morgan fingerprint density at radius 1 is 1.23 bits per heavy atom. The van der Waals surface area contributed by atoms with Crippen molar-refractivity contribution in [2.45, 2.75) is 31.3 Å². The Bertz CT molecular complexity index is 749. The number of ether oxygens (including phenoxy) is 2. The molecule has 0 radical (unpaired) electrons. The van der Waals surface area contributed by atoms with Crippen molar-refractivity contribution in [1.29, 1.82) is 0 Å². The first-order valence-electron chi connectivity index (χ1n) is 8.73. The van der Waals surface area contributed by atoms with Gasteiger partial charge in [-0.15, -0.1) is 0 Å². The van der Waals surface area contributed by atoms with Crippen molar-refractivity contribution < 1.29 is 23.9 Å². The van der Waals surface area contributed by atoms with Gasteiger partial charge >= 0.3 is 5.97 Å². The molecule has 2 heterocycles. The molecule has 3 rings (SSSR count). The monoisotopic (exact) mass is 360 g/mol. The highest BCUT2D eigenvalue weighted by atomic mass is 16.5. The maximum Gasteiger partial charge on any atom is 0.326 e. The van der Waals surface area contributed by atoms with Crippen LogP contribution in [0.4, 0.5) is 0 Å². The highest BCUT2D eigenvalue weighted by Gasteiger charge is 2.68. The van der Waals surface area contributed by atoms with E-state index in [0.717, 1.165) is 10.5 Å². The zero-order valence-electron chi connectivity index (χ0n) is 15.4. The molecule has 4 atom stereocenters. The number of benzene rings is 1. The highest BCUT2D eigenvalue weighted by Crippen LogP contribution is 2.51. The van der Waals surface area contributed by atoms with Crippen molar-refractivity contribution in [1.82, 2.24) is 10.2 Å². The zero-order chi connectivity index (χ0) is 19.1. The molecule has 0 saturated carbocycles. The number of hydrogen-bond donors (Lipinski definition) is 1. The molecule has 2 aliphatic rings. The molecule has 2 aliphatic heterocycles. The van der Waals surface area contributed by atoms with E-state index >= 15 is 0 Å². The quantitative estimate of drug-likeness (QED) is 0.629. The molecule has 26 heavy (non-hydrogen) atoms. The Kier molecular flexibility index (Phi) is 4.75. The minimum Gasteiger partial charge on any atom is -0.496 e. The first kappa shape index (κ1) is 18.4. The third-order valence-electron chi connectivity index (χ3n) is 5.54. The van der Waals surface area contributed by atoms with Crippen LogP contribution in [0.15, 0.2) is 24.3 Å². The van der Waals surface area contributed by atoms with Gasteiger partial charge in [0.25, 0.3) is 0 Å². The molecule has 0 aromatic heterocycles. The average Bonchev–Trinajstić information content (AvgIpc) is 3.11. The number of amides is 2. The second kappa shape index (κ2) is 6.72. The lowest BCUT2D eigenvalue weighted by atomic mass is 9.77. The van der Waals surface area contributed by atoms with Crippen molar-refractivity contribution in [2.75, 3.05) is 21.3 Å². The predicted octanol–water partition coefficient (Wildman–Crippen LogP) is 1.28. The number of hydrogen-bond acceptors (Lipinski definition) is 6. The topological polar surface area (TPSA) is 84.9 Å². The number of carbonyl (C=O) groups excluding carboxylic acids is 3. The van der Waals surface area contributed by atoms with E-state index in [2.05, 4.69) is 5.32 Å². The Labute approximate surface area is 152 Å². The molecule has 1 aromatic rings. The predicted molar refractivity (Wildman–Crippen MR) is 93.3 cm³/mol. The molecule has 2 fully saturated rings. The van der Waals surface area contributed by atoms with Gasteiger partial charge < -0.3 is 9.47 Å². The van der Waals surface area contributed by atoms with E-state index in [1.807, 2.05) is 25.1 Å². The van der Waals surface area contributed by atoms with Gasteiger partial charge in [-0.2, -0.15) is 0 Å². The molecule has 1 aromatic carbocycles. The summed E-state index contributed by atoms with van der Waals surface area (Å²) in [5.41, 5.74) is -0.472. The van der Waals surface area contributed by atoms with Crippen molar-refractivity contribution >= 4 is 17.8 Å². The number of likely N-dealkylation sites (tertiary alicyclic amines) is 1. The van der Waals surface area contributed by atoms with Crippen LogP contribution in [0.1, 0.15) is 31.4 Å². The van der Waals surface area contributed by atoms with Crippen LogP contribution in [0.25, 0.3) is 0 Å². The smallest absolute Gasteiger partial charge is 0.326 e. The van der Waals surface area contributed by atoms with Crippen LogP contribution in [0, 0.1) is 11.8 Å². The number of para-hydroxylation sites is 1. The molecule has 2 amide bonds. The molecule has 0 aliphatic carbocycles. The lowest BCUT2D eigenvalue weighted by Gasteiger charge is -2.32. The summed E-state index contributed by atoms with van der Waals surface area (Å²) in [5, 5.41) is 3.31. The van der Waals surface area contributed by atoms with Crippen molar-refractivity contribution in [3.8, 4) is 5.75 Å². The zero-order valence-corrected chi connectivity index (χ0v) is 15.4. The van der Waals surface area contributed by atoms with Gasteiger partial charge in [0.05, 0.1) is 26.1 Å². The van der Waals surface area contributed by atoms with Crippen molar-refractivity contribution in [2.24, 2.45) is 11.8 Å². The van der Waals surface area contributed by atoms with Gasteiger partial charge in [0.2, 0.25) is 11.8 Å². The van der Waals surface area contributed by atoms with Crippen LogP contribution >= 0.6 is 0 Å². The number of rotatable bonds is 5. The van der Waals surface area contributed by atoms with Gasteiger partial charge in [0, 0.05) is 18.7 Å². The van der Waals surface area contributed by atoms with Crippen LogP contribution in [0.2, 0.25) is 0 Å². The van der Waals surface area contributed by atoms with Gasteiger partial charge in [-0.3, -0.25) is 24.6 Å².